The minimum atomic E-state index is -0.536. The van der Waals surface area contributed by atoms with E-state index in [1.807, 2.05) is 0 Å². The summed E-state index contributed by atoms with van der Waals surface area (Å²) in [4.78, 5) is 96.9. The van der Waals surface area contributed by atoms with E-state index in [0.717, 1.165) is 18.2 Å². The molecule has 0 spiro atoms. The van der Waals surface area contributed by atoms with Crippen LogP contribution in [0.3, 0.4) is 0 Å². The Bertz CT molecular complexity index is 4520. The number of phenols is 6. The van der Waals surface area contributed by atoms with Crippen molar-refractivity contribution < 1.29 is 116 Å². The van der Waals surface area contributed by atoms with Crippen LogP contribution in [-0.4, -0.2) is 176 Å². The van der Waals surface area contributed by atoms with Crippen LogP contribution in [0.25, 0.3) is 68.3 Å². The SMILES string of the molecule is C.C.C.C.C.C.C=C(C)C(=O)OCCCOc1ccc(-c2nc(-c3ccc(OCCCOC(=O)C(=C)C)c(C)c3O)nc(-c3ccc(OCCCOC(=O)C(=C)C)c(C)c3O)n2)c(O)c1C.C=CC(=O)OCCCOc1ccc(-c2nc(-c3ccc(OCCCOC(=O)C=C)c(C)c3O)nc(-c3ccc(OCCCOC(=O)C=C)c(C)c3O)n2)c(O)c1C. The summed E-state index contributed by atoms with van der Waals surface area (Å²) in [6.07, 6.45) is 5.62. The topological polar surface area (TPSA) is 412 Å². The molecule has 0 radical (unpaired) electrons. The van der Waals surface area contributed by atoms with Crippen molar-refractivity contribution in [2.75, 3.05) is 79.3 Å². The summed E-state index contributed by atoms with van der Waals surface area (Å²) in [5.74, 6) is -1.72. The molecule has 30 heteroatoms. The number of hydrogen-bond acceptors (Lipinski definition) is 30. The molecular formula is C93H120N6O24. The van der Waals surface area contributed by atoms with Gasteiger partial charge in [-0.05, 0) is 135 Å². The molecular weight excluding hydrogens is 1590 g/mol. The number of hydrogen-bond donors (Lipinski definition) is 6. The monoisotopic (exact) mass is 1700 g/mol. The second-order valence-electron chi connectivity index (χ2n) is 26.2. The maximum atomic E-state index is 11.7. The molecule has 0 unspecified atom stereocenters. The molecule has 123 heavy (non-hydrogen) atoms. The number of aromatic hydroxyl groups is 6. The summed E-state index contributed by atoms with van der Waals surface area (Å²) in [5, 5.41) is 68.6. The van der Waals surface area contributed by atoms with Crippen molar-refractivity contribution in [1.29, 1.82) is 0 Å². The van der Waals surface area contributed by atoms with Crippen LogP contribution in [-0.2, 0) is 57.2 Å². The lowest BCUT2D eigenvalue weighted by Gasteiger charge is -2.16. The molecule has 0 bridgehead atoms. The third-order valence-electron chi connectivity index (χ3n) is 17.3. The first kappa shape index (κ1) is 107. The van der Waals surface area contributed by atoms with Crippen molar-refractivity contribution >= 4 is 35.8 Å². The van der Waals surface area contributed by atoms with Crippen molar-refractivity contribution in [3.8, 4) is 137 Å². The van der Waals surface area contributed by atoms with E-state index in [2.05, 4.69) is 69.4 Å². The highest BCUT2D eigenvalue weighted by Gasteiger charge is 2.27. The second kappa shape index (κ2) is 52.3. The van der Waals surface area contributed by atoms with Crippen molar-refractivity contribution in [2.24, 2.45) is 0 Å². The number of aromatic nitrogens is 6. The van der Waals surface area contributed by atoms with Gasteiger partial charge in [-0.25, -0.2) is 58.7 Å². The molecule has 0 saturated heterocycles. The number of ether oxygens (including phenoxy) is 12. The fraction of sp³-hybridized carbons (Fsp3) is 0.355. The van der Waals surface area contributed by atoms with Crippen molar-refractivity contribution in [3.63, 3.8) is 0 Å². The van der Waals surface area contributed by atoms with Crippen molar-refractivity contribution in [3.05, 3.63) is 181 Å². The Labute approximate surface area is 721 Å². The van der Waals surface area contributed by atoms with Gasteiger partial charge in [0.15, 0.2) is 34.9 Å². The summed E-state index contributed by atoms with van der Waals surface area (Å²) >= 11 is 0. The van der Waals surface area contributed by atoms with Crippen LogP contribution in [0.1, 0.15) is 137 Å². The molecule has 0 fully saturated rings. The minimum Gasteiger partial charge on any atom is -0.507 e. The van der Waals surface area contributed by atoms with Gasteiger partial charge in [0.2, 0.25) is 0 Å². The zero-order chi connectivity index (χ0) is 85.6. The van der Waals surface area contributed by atoms with E-state index in [-0.39, 0.29) is 227 Å². The van der Waals surface area contributed by atoms with Crippen LogP contribution < -0.4 is 28.4 Å². The maximum Gasteiger partial charge on any atom is 0.333 e. The minimum absolute atomic E-state index is 0. The summed E-state index contributed by atoms with van der Waals surface area (Å²) in [5.41, 5.74) is 4.50. The highest BCUT2D eigenvalue weighted by atomic mass is 16.6. The van der Waals surface area contributed by atoms with Gasteiger partial charge < -0.3 is 87.5 Å². The van der Waals surface area contributed by atoms with Gasteiger partial charge in [0, 0.05) is 107 Å². The maximum absolute atomic E-state index is 11.7. The Balaban J connectivity index is 0.00000117. The number of carbonyl (C=O) groups excluding carboxylic acids is 6. The average molecular weight is 1710 g/mol. The summed E-state index contributed by atoms with van der Waals surface area (Å²) < 4.78 is 65.4. The fourth-order valence-electron chi connectivity index (χ4n) is 10.6. The molecule has 0 saturated carbocycles. The molecule has 0 atom stereocenters. The molecule has 8 rings (SSSR count). The Morgan fingerprint density at radius 1 is 0.268 bits per heavy atom. The summed E-state index contributed by atoms with van der Waals surface area (Å²) in [6.45, 7) is 37.4. The van der Waals surface area contributed by atoms with E-state index in [4.69, 9.17) is 56.8 Å². The third kappa shape index (κ3) is 29.8. The zero-order valence-corrected chi connectivity index (χ0v) is 66.8. The van der Waals surface area contributed by atoms with E-state index < -0.39 is 35.8 Å². The first-order valence-electron chi connectivity index (χ1n) is 37.0. The molecule has 30 nitrogen and oxygen atoms in total. The van der Waals surface area contributed by atoms with Crippen LogP contribution in [0.4, 0.5) is 0 Å². The smallest absolute Gasteiger partial charge is 0.333 e. The number of phenolic OH excluding ortho intramolecular Hbond substituents is 6. The average Bonchev–Trinajstić information content (AvgIpc) is 0.772. The molecule has 8 aromatic rings. The van der Waals surface area contributed by atoms with E-state index in [0.29, 0.717) is 123 Å². The molecule has 6 N–H and O–H groups in total. The molecule has 0 amide bonds. The van der Waals surface area contributed by atoms with Gasteiger partial charge in [0.25, 0.3) is 0 Å². The lowest BCUT2D eigenvalue weighted by Crippen LogP contribution is -2.09. The largest absolute Gasteiger partial charge is 0.507 e. The molecule has 0 aliphatic heterocycles. The molecule has 2 aromatic heterocycles. The number of carbonyl (C=O) groups is 6. The van der Waals surface area contributed by atoms with Gasteiger partial charge in [-0.2, -0.15) is 0 Å². The quantitative estimate of drug-likeness (QED) is 0.00895. The summed E-state index contributed by atoms with van der Waals surface area (Å²) in [6, 6.07) is 19.3. The normalized spacial score (nSPS) is 10.1. The molecule has 6 aromatic carbocycles. The molecule has 666 valence electrons. The third-order valence-corrected chi connectivity index (χ3v) is 17.3. The first-order valence-corrected chi connectivity index (χ1v) is 37.0. The van der Waals surface area contributed by atoms with Gasteiger partial charge >= 0.3 is 35.8 Å². The fourth-order valence-corrected chi connectivity index (χ4v) is 10.6. The highest BCUT2D eigenvalue weighted by Crippen LogP contribution is 2.45. The zero-order valence-electron chi connectivity index (χ0n) is 66.8. The Morgan fingerprint density at radius 3 is 0.553 bits per heavy atom. The van der Waals surface area contributed by atoms with Crippen LogP contribution in [0.15, 0.2) is 147 Å². The second-order valence-corrected chi connectivity index (χ2v) is 26.2. The van der Waals surface area contributed by atoms with Gasteiger partial charge in [-0.1, -0.05) is 84.0 Å². The molecule has 0 aliphatic carbocycles. The number of esters is 6. The Hall–Kier alpha value is -13.8. The van der Waals surface area contributed by atoms with E-state index in [1.54, 1.807) is 135 Å². The Morgan fingerprint density at radius 2 is 0.415 bits per heavy atom. The van der Waals surface area contributed by atoms with Crippen molar-refractivity contribution in [2.45, 2.75) is 145 Å². The Kier molecular flexibility index (Phi) is 45.6. The van der Waals surface area contributed by atoms with Gasteiger partial charge in [0.05, 0.1) is 113 Å². The van der Waals surface area contributed by atoms with E-state index in [1.165, 1.54) is 0 Å². The lowest BCUT2D eigenvalue weighted by atomic mass is 10.1. The van der Waals surface area contributed by atoms with E-state index >= 15 is 0 Å². The van der Waals surface area contributed by atoms with Crippen LogP contribution in [0, 0.1) is 41.5 Å². The van der Waals surface area contributed by atoms with Crippen molar-refractivity contribution in [1.82, 2.24) is 29.9 Å². The van der Waals surface area contributed by atoms with Gasteiger partial charge in [-0.15, -0.1) is 0 Å². The first-order chi connectivity index (χ1) is 55.9. The predicted octanol–water partition coefficient (Wildman–Crippen LogP) is 17.8. The number of nitrogens with zero attached hydrogens (tertiary/aromatic N) is 6. The number of benzene rings is 6. The highest BCUT2D eigenvalue weighted by molar-refractivity contribution is 5.88. The van der Waals surface area contributed by atoms with Crippen LogP contribution >= 0.6 is 0 Å². The summed E-state index contributed by atoms with van der Waals surface area (Å²) in [7, 11) is 0. The standard InChI is InChI=1S/C45H51N3O12.C42H45N3O12.6CH4/c1-25(2)43(52)58-22-10-19-55-34-16-13-31(37(49)28(34)7)40-46-41(32-14-17-35(29(8)38(32)50)56-20-11-23-59-44(53)26(3)4)48-42(47-40)33-15-18-36(30(9)39(33)51)57-21-12-24-60-45(54)27(5)6;1-7-34(46)55-22-10-19-52-31-16-13-28(37(49)25(31)4)40-43-41(29-14-17-32(26(5)38(29)50)53-20-11-23-56-35(47)8-2)45-42(44-40)30-15-18-33(27(6)39(30)51)54-21-12-24-57-36(48)9-3;;;;;;/h13-18,49-51H,1,3,5,10-12,19-24H2,2,4,6-9H3;7-9,13-18,49-51H,1-3,10-12,19-24H2,4-6H3;6*1H4. The lowest BCUT2D eigenvalue weighted by molar-refractivity contribution is -0.140. The predicted molar refractivity (Wildman–Crippen MR) is 473 cm³/mol. The molecule has 0 aliphatic rings. The number of rotatable bonds is 42. The van der Waals surface area contributed by atoms with E-state index in [9.17, 15) is 59.4 Å². The van der Waals surface area contributed by atoms with Crippen LogP contribution in [0.5, 0.6) is 69.0 Å². The van der Waals surface area contributed by atoms with Gasteiger partial charge in [-0.3, -0.25) is 0 Å². The van der Waals surface area contributed by atoms with Crippen LogP contribution in [0.2, 0.25) is 0 Å². The van der Waals surface area contributed by atoms with Gasteiger partial charge in [0.1, 0.15) is 69.0 Å². The molecule has 2 heterocycles.